The molecule has 13 heavy (non-hydrogen) atoms. The largest absolute Gasteiger partial charge is 0.513 e. The van der Waals surface area contributed by atoms with Crippen molar-refractivity contribution < 1.29 is 0 Å². The number of aromatic nitrogens is 3. The van der Waals surface area contributed by atoms with Gasteiger partial charge in [-0.1, -0.05) is 11.6 Å². The van der Waals surface area contributed by atoms with Crippen molar-refractivity contribution in [3.8, 4) is 0 Å². The van der Waals surface area contributed by atoms with E-state index in [1.165, 1.54) is 0 Å². The van der Waals surface area contributed by atoms with Gasteiger partial charge in [-0.2, -0.15) is 5.10 Å². The summed E-state index contributed by atoms with van der Waals surface area (Å²) in [4.78, 5) is 7.11. The molecule has 2 aromatic rings. The maximum absolute atomic E-state index is 8.57. The van der Waals surface area contributed by atoms with Gasteiger partial charge in [-0.25, -0.2) is 4.98 Å². The second-order valence-electron chi connectivity index (χ2n) is 2.62. The summed E-state index contributed by atoms with van der Waals surface area (Å²) in [5.41, 5.74) is 1.82. The molecule has 0 aliphatic carbocycles. The van der Waals surface area contributed by atoms with Gasteiger partial charge in [-0.3, -0.25) is 0 Å². The van der Waals surface area contributed by atoms with E-state index in [0.29, 0.717) is 16.1 Å². The van der Waals surface area contributed by atoms with Crippen molar-refractivity contribution in [2.24, 2.45) is 0 Å². The molecule has 0 aliphatic heterocycles. The van der Waals surface area contributed by atoms with Crippen molar-refractivity contribution in [2.45, 2.75) is 6.92 Å². The van der Waals surface area contributed by atoms with E-state index in [9.17, 15) is 0 Å². The number of nitrogens with one attached hydrogen (secondary N) is 1. The number of hydrogen-bond donors (Lipinski definition) is 1. The Labute approximate surface area is 78.4 Å². The number of diazo groups is 1. The van der Waals surface area contributed by atoms with Crippen LogP contribution < -0.4 is 0 Å². The van der Waals surface area contributed by atoms with Crippen molar-refractivity contribution in [3.63, 3.8) is 0 Å². The van der Waals surface area contributed by atoms with Crippen LogP contribution in [-0.4, -0.2) is 15.2 Å². The molecule has 0 saturated heterocycles. The molecule has 2 heterocycles. The fraction of sp³-hybridized carbons (Fsp3) is 0.143. The van der Waals surface area contributed by atoms with Gasteiger partial charge >= 0.3 is 5.82 Å². The van der Waals surface area contributed by atoms with Crippen molar-refractivity contribution in [3.05, 3.63) is 21.8 Å². The van der Waals surface area contributed by atoms with E-state index in [4.69, 9.17) is 17.0 Å². The minimum absolute atomic E-state index is 0.153. The maximum atomic E-state index is 8.57. The Morgan fingerprint density at radius 1 is 1.62 bits per heavy atom. The monoisotopic (exact) mass is 194 g/mol. The lowest BCUT2D eigenvalue weighted by atomic mass is 10.3. The molecule has 64 valence electrons. The Balaban J connectivity index is 2.92. The Bertz CT molecular complexity index is 509. The molecular formula is C7H5ClN5+. The molecule has 0 radical (unpaired) electrons. The van der Waals surface area contributed by atoms with Gasteiger partial charge in [0.05, 0.1) is 15.5 Å². The minimum Gasteiger partial charge on any atom is -0.241 e. The van der Waals surface area contributed by atoms with E-state index in [1.807, 2.05) is 0 Å². The van der Waals surface area contributed by atoms with Crippen LogP contribution in [-0.2, 0) is 0 Å². The van der Waals surface area contributed by atoms with Crippen LogP contribution in [0.1, 0.15) is 5.69 Å². The second kappa shape index (κ2) is 2.68. The van der Waals surface area contributed by atoms with Crippen molar-refractivity contribution in [1.29, 1.82) is 5.39 Å². The third kappa shape index (κ3) is 1.12. The zero-order chi connectivity index (χ0) is 9.42. The van der Waals surface area contributed by atoms with Crippen molar-refractivity contribution in [1.82, 2.24) is 15.2 Å². The third-order valence-electron chi connectivity index (χ3n) is 1.68. The number of aromatic amines is 1. The first kappa shape index (κ1) is 7.95. The van der Waals surface area contributed by atoms with Crippen molar-refractivity contribution >= 4 is 28.5 Å². The van der Waals surface area contributed by atoms with Crippen LogP contribution in [0.5, 0.6) is 0 Å². The molecule has 1 N–H and O–H groups in total. The predicted molar refractivity (Wildman–Crippen MR) is 48.4 cm³/mol. The molecule has 0 fully saturated rings. The van der Waals surface area contributed by atoms with E-state index >= 15 is 0 Å². The first-order chi connectivity index (χ1) is 6.22. The molecule has 2 rings (SSSR count). The van der Waals surface area contributed by atoms with Crippen LogP contribution >= 0.6 is 11.6 Å². The van der Waals surface area contributed by atoms with Crippen molar-refractivity contribution in [2.75, 3.05) is 0 Å². The molecular weight excluding hydrogens is 190 g/mol. The van der Waals surface area contributed by atoms with Gasteiger partial charge in [-0.05, 0) is 13.0 Å². The summed E-state index contributed by atoms with van der Waals surface area (Å²) in [6.07, 6.45) is 0. The number of pyridine rings is 1. The molecule has 0 atom stereocenters. The first-order valence-corrected chi connectivity index (χ1v) is 3.96. The van der Waals surface area contributed by atoms with Gasteiger partial charge in [0.2, 0.25) is 5.52 Å². The average Bonchev–Trinajstić information content (AvgIpc) is 2.47. The van der Waals surface area contributed by atoms with Gasteiger partial charge in [0.15, 0.2) is 0 Å². The van der Waals surface area contributed by atoms with Crippen LogP contribution in [0.2, 0.25) is 5.02 Å². The van der Waals surface area contributed by atoms with E-state index in [2.05, 4.69) is 20.2 Å². The summed E-state index contributed by atoms with van der Waals surface area (Å²) in [7, 11) is 0. The summed E-state index contributed by atoms with van der Waals surface area (Å²) in [6, 6.07) is 1.71. The SMILES string of the molecule is Cc1cc(Cl)c2[nH]nc([N+]#N)c2n1. The van der Waals surface area contributed by atoms with Crippen LogP contribution in [0.15, 0.2) is 6.07 Å². The first-order valence-electron chi connectivity index (χ1n) is 3.58. The highest BCUT2D eigenvalue weighted by molar-refractivity contribution is 6.35. The molecule has 0 aliphatic rings. The number of rotatable bonds is 0. The highest BCUT2D eigenvalue weighted by Gasteiger charge is 2.20. The number of aryl methyl sites for hydroxylation is 1. The Hall–Kier alpha value is -1.67. The summed E-state index contributed by atoms with van der Waals surface area (Å²) < 4.78 is 0. The molecule has 0 bridgehead atoms. The number of halogens is 1. The second-order valence-corrected chi connectivity index (χ2v) is 3.02. The lowest BCUT2D eigenvalue weighted by Gasteiger charge is -1.91. The third-order valence-corrected chi connectivity index (χ3v) is 1.98. The number of fused-ring (bicyclic) bond motifs is 1. The molecule has 5 nitrogen and oxygen atoms in total. The van der Waals surface area contributed by atoms with Gasteiger partial charge in [0, 0.05) is 10.7 Å². The number of H-pyrrole nitrogens is 1. The summed E-state index contributed by atoms with van der Waals surface area (Å²) in [5.74, 6) is 0.153. The van der Waals surface area contributed by atoms with Gasteiger partial charge in [0.25, 0.3) is 0 Å². The standard InChI is InChI=1S/C7H5ClN5/c1-3-2-4(8)5-6(10-3)7(11-9)13-12-5/h2H,1H3,(H,12,13)/q+1. The number of nitrogens with zero attached hydrogens (tertiary/aromatic N) is 4. The molecule has 0 amide bonds. The highest BCUT2D eigenvalue weighted by Crippen LogP contribution is 2.26. The van der Waals surface area contributed by atoms with Crippen LogP contribution in [0, 0.1) is 12.3 Å². The molecule has 0 unspecified atom stereocenters. The van der Waals surface area contributed by atoms with Gasteiger partial charge in [0.1, 0.15) is 5.52 Å². The lowest BCUT2D eigenvalue weighted by molar-refractivity contribution is 1.13. The average molecular weight is 195 g/mol. The normalized spacial score (nSPS) is 10.2. The van der Waals surface area contributed by atoms with Crippen LogP contribution in [0.25, 0.3) is 16.0 Å². The highest BCUT2D eigenvalue weighted by atomic mass is 35.5. The van der Waals surface area contributed by atoms with Crippen LogP contribution in [0.3, 0.4) is 0 Å². The Kier molecular flexibility index (Phi) is 1.64. The van der Waals surface area contributed by atoms with Gasteiger partial charge in [-0.15, -0.1) is 0 Å². The van der Waals surface area contributed by atoms with Crippen LogP contribution in [0.4, 0.5) is 5.82 Å². The predicted octanol–water partition coefficient (Wildman–Crippen LogP) is 2.40. The zero-order valence-electron chi connectivity index (χ0n) is 6.74. The Morgan fingerprint density at radius 2 is 2.38 bits per heavy atom. The Morgan fingerprint density at radius 3 is 3.08 bits per heavy atom. The zero-order valence-corrected chi connectivity index (χ0v) is 7.50. The lowest BCUT2D eigenvalue weighted by Crippen LogP contribution is -1.81. The van der Waals surface area contributed by atoms with E-state index in [0.717, 1.165) is 5.69 Å². The topological polar surface area (TPSA) is 69.7 Å². The maximum Gasteiger partial charge on any atom is 0.513 e. The summed E-state index contributed by atoms with van der Waals surface area (Å²) in [5, 5.41) is 15.4. The minimum atomic E-state index is 0.153. The molecule has 0 saturated carbocycles. The van der Waals surface area contributed by atoms with E-state index in [1.54, 1.807) is 13.0 Å². The molecule has 0 aromatic carbocycles. The van der Waals surface area contributed by atoms with Gasteiger partial charge < -0.3 is 0 Å². The molecule has 0 spiro atoms. The molecule has 2 aromatic heterocycles. The fourth-order valence-electron chi connectivity index (χ4n) is 1.13. The quantitative estimate of drug-likeness (QED) is 0.655. The van der Waals surface area contributed by atoms with E-state index < -0.39 is 0 Å². The van der Waals surface area contributed by atoms with E-state index in [-0.39, 0.29) is 5.82 Å². The molecule has 6 heteroatoms. The smallest absolute Gasteiger partial charge is 0.241 e. The number of hydrogen-bond acceptors (Lipinski definition) is 3. The summed E-state index contributed by atoms with van der Waals surface area (Å²) >= 11 is 5.90. The summed E-state index contributed by atoms with van der Waals surface area (Å²) in [6.45, 7) is 1.81. The fourth-order valence-corrected chi connectivity index (χ4v) is 1.42.